The molecule has 8 heteroatoms. The maximum absolute atomic E-state index is 11.0. The Morgan fingerprint density at radius 1 is 1.00 bits per heavy atom. The van der Waals surface area contributed by atoms with Crippen molar-refractivity contribution in [2.75, 3.05) is 31.1 Å². The zero-order valence-corrected chi connectivity index (χ0v) is 18.1. The van der Waals surface area contributed by atoms with E-state index in [0.29, 0.717) is 15.8 Å². The summed E-state index contributed by atoms with van der Waals surface area (Å²) in [7, 11) is 0. The standard InChI is InChI=1S/C22H22ClN5OS/c1-15-24-22-28(25-15)21(29)20(30-22)19(16-7-9-17(23)10-8-16)27-13-11-26(12-14-27)18-5-3-2-4-6-18/h2-10,19,29H,11-14H2,1H3/t19-/m1/s1. The number of aryl methyl sites for hydroxylation is 1. The lowest BCUT2D eigenvalue weighted by molar-refractivity contribution is 0.211. The fraction of sp³-hybridized carbons (Fsp3) is 0.273. The molecule has 4 aromatic rings. The second-order valence-corrected chi connectivity index (χ2v) is 8.90. The lowest BCUT2D eigenvalue weighted by Crippen LogP contribution is -2.47. The molecule has 6 nitrogen and oxygen atoms in total. The Kier molecular flexibility index (Phi) is 5.10. The van der Waals surface area contributed by atoms with E-state index in [4.69, 9.17) is 11.6 Å². The zero-order valence-electron chi connectivity index (χ0n) is 16.6. The van der Waals surface area contributed by atoms with Crippen molar-refractivity contribution >= 4 is 33.6 Å². The molecule has 0 spiro atoms. The normalized spacial score (nSPS) is 16.3. The maximum atomic E-state index is 11.0. The van der Waals surface area contributed by atoms with Crippen LogP contribution in [0, 0.1) is 6.92 Å². The SMILES string of the molecule is Cc1nc2sc([C@@H](c3ccc(Cl)cc3)N3CCN(c4ccccc4)CC3)c(O)n2n1. The van der Waals surface area contributed by atoms with Gasteiger partial charge in [-0.3, -0.25) is 4.90 Å². The minimum absolute atomic E-state index is 0.0750. The molecule has 30 heavy (non-hydrogen) atoms. The first-order valence-electron chi connectivity index (χ1n) is 9.94. The molecular formula is C22H22ClN5OS. The third-order valence-corrected chi connectivity index (χ3v) is 6.86. The molecule has 1 N–H and O–H groups in total. The van der Waals surface area contributed by atoms with E-state index < -0.39 is 0 Å². The minimum atomic E-state index is -0.0750. The van der Waals surface area contributed by atoms with Gasteiger partial charge in [0.15, 0.2) is 0 Å². The van der Waals surface area contributed by atoms with E-state index in [2.05, 4.69) is 44.1 Å². The number of thiazole rings is 1. The van der Waals surface area contributed by atoms with Gasteiger partial charge >= 0.3 is 0 Å². The van der Waals surface area contributed by atoms with Gasteiger partial charge in [-0.2, -0.15) is 4.52 Å². The first-order chi connectivity index (χ1) is 14.6. The van der Waals surface area contributed by atoms with Gasteiger partial charge < -0.3 is 10.0 Å². The van der Waals surface area contributed by atoms with Gasteiger partial charge in [0, 0.05) is 36.9 Å². The third-order valence-electron chi connectivity index (χ3n) is 5.54. The van der Waals surface area contributed by atoms with Crippen LogP contribution in [0.2, 0.25) is 5.02 Å². The van der Waals surface area contributed by atoms with Gasteiger partial charge in [-0.1, -0.05) is 53.3 Å². The molecule has 0 amide bonds. The molecular weight excluding hydrogens is 418 g/mol. The van der Waals surface area contributed by atoms with Crippen molar-refractivity contribution in [2.24, 2.45) is 0 Å². The van der Waals surface area contributed by atoms with E-state index in [1.807, 2.05) is 37.3 Å². The molecule has 0 bridgehead atoms. The molecule has 1 atom stereocenters. The van der Waals surface area contributed by atoms with E-state index >= 15 is 0 Å². The predicted octanol–water partition coefficient (Wildman–Crippen LogP) is 4.37. The van der Waals surface area contributed by atoms with Crippen molar-refractivity contribution in [3.63, 3.8) is 0 Å². The molecule has 1 fully saturated rings. The average molecular weight is 440 g/mol. The van der Waals surface area contributed by atoms with Crippen molar-refractivity contribution in [1.82, 2.24) is 19.5 Å². The Labute approximate surface area is 184 Å². The number of halogens is 1. The maximum Gasteiger partial charge on any atom is 0.230 e. The van der Waals surface area contributed by atoms with Gasteiger partial charge in [0.2, 0.25) is 10.8 Å². The van der Waals surface area contributed by atoms with Crippen LogP contribution in [0.15, 0.2) is 54.6 Å². The number of nitrogens with zero attached hydrogens (tertiary/aromatic N) is 5. The van der Waals surface area contributed by atoms with Crippen LogP contribution in [0.4, 0.5) is 5.69 Å². The second kappa shape index (κ2) is 7.91. The second-order valence-electron chi connectivity index (χ2n) is 7.46. The first-order valence-corrected chi connectivity index (χ1v) is 11.1. The number of benzene rings is 2. The van der Waals surface area contributed by atoms with Gasteiger partial charge in [0.1, 0.15) is 5.82 Å². The summed E-state index contributed by atoms with van der Waals surface area (Å²) in [6, 6.07) is 18.3. The number of hydrogen-bond donors (Lipinski definition) is 1. The van der Waals surface area contributed by atoms with E-state index in [-0.39, 0.29) is 11.9 Å². The highest BCUT2D eigenvalue weighted by Gasteiger charge is 2.31. The summed E-state index contributed by atoms with van der Waals surface area (Å²) in [5, 5.41) is 16.0. The fourth-order valence-corrected chi connectivity index (χ4v) is 5.37. The summed E-state index contributed by atoms with van der Waals surface area (Å²) >= 11 is 7.63. The average Bonchev–Trinajstić information content (AvgIpc) is 3.28. The van der Waals surface area contributed by atoms with Crippen LogP contribution in [0.1, 0.15) is 22.3 Å². The van der Waals surface area contributed by atoms with E-state index in [1.54, 1.807) is 4.52 Å². The molecule has 5 rings (SSSR count). The summed E-state index contributed by atoms with van der Waals surface area (Å²) in [5.41, 5.74) is 2.35. The minimum Gasteiger partial charge on any atom is -0.492 e. The Morgan fingerprint density at radius 3 is 2.37 bits per heavy atom. The third kappa shape index (κ3) is 3.53. The van der Waals surface area contributed by atoms with Gasteiger partial charge in [-0.05, 0) is 36.8 Å². The van der Waals surface area contributed by atoms with E-state index in [0.717, 1.165) is 36.6 Å². The lowest BCUT2D eigenvalue weighted by Gasteiger charge is -2.40. The Hall–Kier alpha value is -2.61. The summed E-state index contributed by atoms with van der Waals surface area (Å²) in [5.74, 6) is 0.823. The van der Waals surface area contributed by atoms with Crippen molar-refractivity contribution in [3.05, 3.63) is 75.9 Å². The lowest BCUT2D eigenvalue weighted by atomic mass is 10.0. The van der Waals surface area contributed by atoms with Crippen molar-refractivity contribution in [1.29, 1.82) is 0 Å². The van der Waals surface area contributed by atoms with Crippen LogP contribution in [0.25, 0.3) is 4.96 Å². The number of hydrogen-bond acceptors (Lipinski definition) is 6. The number of fused-ring (bicyclic) bond motifs is 1. The van der Waals surface area contributed by atoms with Crippen molar-refractivity contribution in [3.8, 4) is 5.88 Å². The van der Waals surface area contributed by atoms with Gasteiger partial charge in [0.25, 0.3) is 0 Å². The molecule has 1 aliphatic heterocycles. The van der Waals surface area contributed by atoms with Gasteiger partial charge in [0.05, 0.1) is 10.9 Å². The topological polar surface area (TPSA) is 56.9 Å². The number of rotatable bonds is 4. The fourth-order valence-electron chi connectivity index (χ4n) is 4.08. The molecule has 0 saturated carbocycles. The van der Waals surface area contributed by atoms with Gasteiger partial charge in [-0.25, -0.2) is 4.98 Å². The largest absolute Gasteiger partial charge is 0.492 e. The van der Waals surface area contributed by atoms with Crippen molar-refractivity contribution < 1.29 is 5.11 Å². The molecule has 154 valence electrons. The van der Waals surface area contributed by atoms with E-state index in [9.17, 15) is 5.11 Å². The number of aromatic nitrogens is 3. The summed E-state index contributed by atoms with van der Waals surface area (Å²) in [4.78, 5) is 10.8. The summed E-state index contributed by atoms with van der Waals surface area (Å²) in [6.45, 7) is 5.45. The van der Waals surface area contributed by atoms with Gasteiger partial charge in [-0.15, -0.1) is 5.10 Å². The molecule has 2 aromatic heterocycles. The highest BCUT2D eigenvalue weighted by molar-refractivity contribution is 7.17. The highest BCUT2D eigenvalue weighted by atomic mass is 35.5. The van der Waals surface area contributed by atoms with Crippen LogP contribution in [-0.2, 0) is 0 Å². The summed E-state index contributed by atoms with van der Waals surface area (Å²) < 4.78 is 1.54. The molecule has 2 aromatic carbocycles. The monoisotopic (exact) mass is 439 g/mol. The zero-order chi connectivity index (χ0) is 20.7. The molecule has 1 aliphatic rings. The number of piperazine rings is 1. The van der Waals surface area contributed by atoms with Crippen LogP contribution in [0.3, 0.4) is 0 Å². The van der Waals surface area contributed by atoms with E-state index in [1.165, 1.54) is 17.0 Å². The summed E-state index contributed by atoms with van der Waals surface area (Å²) in [6.07, 6.45) is 0. The first kappa shape index (κ1) is 19.4. The number of anilines is 1. The van der Waals surface area contributed by atoms with Crippen LogP contribution >= 0.6 is 22.9 Å². The highest BCUT2D eigenvalue weighted by Crippen LogP contribution is 2.40. The number of aromatic hydroxyl groups is 1. The van der Waals surface area contributed by atoms with Crippen LogP contribution < -0.4 is 4.90 Å². The van der Waals surface area contributed by atoms with Crippen LogP contribution in [-0.4, -0.2) is 50.8 Å². The Morgan fingerprint density at radius 2 is 1.70 bits per heavy atom. The molecule has 0 aliphatic carbocycles. The van der Waals surface area contributed by atoms with Crippen LogP contribution in [0.5, 0.6) is 5.88 Å². The predicted molar refractivity (Wildman–Crippen MR) is 121 cm³/mol. The molecule has 3 heterocycles. The Bertz CT molecular complexity index is 1150. The quantitative estimate of drug-likeness (QED) is 0.511. The molecule has 0 radical (unpaired) electrons. The van der Waals surface area contributed by atoms with Crippen molar-refractivity contribution in [2.45, 2.75) is 13.0 Å². The smallest absolute Gasteiger partial charge is 0.230 e. The molecule has 1 saturated heterocycles. The molecule has 0 unspecified atom stereocenters. The number of para-hydroxylation sites is 1. The Balaban J connectivity index is 1.48.